The van der Waals surface area contributed by atoms with E-state index >= 15 is 0 Å². The molecule has 0 spiro atoms. The minimum Gasteiger partial charge on any atom is -0.394 e. The first-order valence-electron chi connectivity index (χ1n) is 8.27. The second kappa shape index (κ2) is 9.15. The summed E-state index contributed by atoms with van der Waals surface area (Å²) in [5.41, 5.74) is -3.31. The molecule has 3 atom stereocenters. The van der Waals surface area contributed by atoms with Gasteiger partial charge in [0.1, 0.15) is 24.0 Å². The lowest BCUT2D eigenvalue weighted by molar-refractivity contribution is -0.0806. The van der Waals surface area contributed by atoms with Crippen LogP contribution in [0.3, 0.4) is 0 Å². The van der Waals surface area contributed by atoms with E-state index in [9.17, 15) is 34.3 Å². The van der Waals surface area contributed by atoms with Gasteiger partial charge in [-0.3, -0.25) is 28.4 Å². The number of H-pyrrole nitrogens is 2. The van der Waals surface area contributed by atoms with E-state index < -0.39 is 62.8 Å². The number of aromatic amines is 2. The van der Waals surface area contributed by atoms with E-state index in [0.717, 1.165) is 9.13 Å². The lowest BCUT2D eigenvalue weighted by Gasteiger charge is -2.21. The topological polar surface area (TPSA) is 240 Å². The van der Waals surface area contributed by atoms with Crippen LogP contribution in [0.4, 0.5) is 0 Å². The Morgan fingerprint density at radius 3 is 2.28 bits per heavy atom. The molecule has 8 N–H and O–H groups in total. The van der Waals surface area contributed by atoms with Crippen LogP contribution in [0.2, 0.25) is 0 Å². The van der Waals surface area contributed by atoms with E-state index in [4.69, 9.17) is 14.9 Å². The molecule has 2 heterocycles. The van der Waals surface area contributed by atoms with Crippen molar-refractivity contribution in [3.8, 4) is 0 Å². The molecule has 29 heavy (non-hydrogen) atoms. The lowest BCUT2D eigenvalue weighted by Crippen LogP contribution is -2.43. The third-order valence-electron chi connectivity index (χ3n) is 4.03. The number of aliphatic hydroxyl groups is 4. The van der Waals surface area contributed by atoms with E-state index in [1.165, 1.54) is 0 Å². The summed E-state index contributed by atoms with van der Waals surface area (Å²) in [7, 11) is -4.71. The van der Waals surface area contributed by atoms with Gasteiger partial charge in [0.2, 0.25) is 0 Å². The van der Waals surface area contributed by atoms with Crippen molar-refractivity contribution in [2.75, 3.05) is 13.2 Å². The van der Waals surface area contributed by atoms with Crippen molar-refractivity contribution in [3.63, 3.8) is 0 Å². The predicted octanol–water partition coefficient (Wildman–Crippen LogP) is -4.25. The van der Waals surface area contributed by atoms with Crippen molar-refractivity contribution in [2.24, 2.45) is 0 Å². The summed E-state index contributed by atoms with van der Waals surface area (Å²) in [6.45, 7) is -2.16. The number of phosphoric acid groups is 1. The third-order valence-corrected chi connectivity index (χ3v) is 4.55. The number of nitrogens with zero attached hydrogens (tertiary/aromatic N) is 2. The maximum Gasteiger partial charge on any atom is 0.469 e. The monoisotopic (exact) mass is 440 g/mol. The molecule has 0 saturated heterocycles. The van der Waals surface area contributed by atoms with Crippen molar-refractivity contribution < 1.29 is 39.3 Å². The number of hydrogen-bond acceptors (Lipinski definition) is 9. The van der Waals surface area contributed by atoms with Crippen molar-refractivity contribution in [2.45, 2.75) is 37.8 Å². The first kappa shape index (κ1) is 23.2. The molecule has 2 aromatic heterocycles. The SMILES string of the molecule is O=c1[nH]c(=O)c2c([nH]1)n(C[C@@H](O)[C@H](O)[C@H](O)CO)c(=O)n2CCCOP(=O)(O)O. The highest BCUT2D eigenvalue weighted by Crippen LogP contribution is 2.35. The van der Waals surface area contributed by atoms with Crippen molar-refractivity contribution >= 4 is 19.0 Å². The summed E-state index contributed by atoms with van der Waals surface area (Å²) in [5, 5.41) is 38.1. The number of hydrogen-bond donors (Lipinski definition) is 8. The van der Waals surface area contributed by atoms with Crippen molar-refractivity contribution in [1.29, 1.82) is 0 Å². The van der Waals surface area contributed by atoms with Gasteiger partial charge in [-0.25, -0.2) is 14.2 Å². The van der Waals surface area contributed by atoms with Gasteiger partial charge in [-0.05, 0) is 6.42 Å². The number of imidazole rings is 1. The molecule has 0 fully saturated rings. The van der Waals surface area contributed by atoms with Crippen LogP contribution in [-0.4, -0.2) is 80.8 Å². The third kappa shape index (κ3) is 5.49. The Morgan fingerprint density at radius 1 is 1.03 bits per heavy atom. The minimum absolute atomic E-state index is 0.0862. The van der Waals surface area contributed by atoms with E-state index in [-0.39, 0.29) is 24.1 Å². The Balaban J connectivity index is 2.42. The van der Waals surface area contributed by atoms with Crippen LogP contribution in [0.15, 0.2) is 14.4 Å². The highest BCUT2D eigenvalue weighted by atomic mass is 31.2. The van der Waals surface area contributed by atoms with E-state index in [1.807, 2.05) is 4.98 Å². The molecular formula is C13H21N4O11P. The van der Waals surface area contributed by atoms with Crippen LogP contribution >= 0.6 is 7.82 Å². The number of phosphoric ester groups is 1. The van der Waals surface area contributed by atoms with Gasteiger partial charge < -0.3 is 30.2 Å². The summed E-state index contributed by atoms with van der Waals surface area (Å²) in [6.07, 6.45) is -5.34. The van der Waals surface area contributed by atoms with Gasteiger partial charge in [0, 0.05) is 6.54 Å². The summed E-state index contributed by atoms with van der Waals surface area (Å²) >= 11 is 0. The molecule has 0 radical (unpaired) electrons. The van der Waals surface area contributed by atoms with E-state index in [1.54, 1.807) is 0 Å². The summed E-state index contributed by atoms with van der Waals surface area (Å²) in [6, 6.07) is 0. The Morgan fingerprint density at radius 2 is 1.69 bits per heavy atom. The molecule has 0 aliphatic rings. The zero-order valence-corrected chi connectivity index (χ0v) is 15.7. The molecule has 0 amide bonds. The predicted molar refractivity (Wildman–Crippen MR) is 95.2 cm³/mol. The van der Waals surface area contributed by atoms with Crippen molar-refractivity contribution in [3.05, 3.63) is 31.3 Å². The molecule has 15 nitrogen and oxygen atoms in total. The molecule has 0 aromatic carbocycles. The number of rotatable bonds is 10. The molecule has 16 heteroatoms. The summed E-state index contributed by atoms with van der Waals surface area (Å²) in [5.74, 6) is 0. The first-order valence-corrected chi connectivity index (χ1v) is 9.80. The fraction of sp³-hybridized carbons (Fsp3) is 0.615. The number of nitrogens with one attached hydrogen (secondary N) is 2. The first-order chi connectivity index (χ1) is 13.5. The fourth-order valence-electron chi connectivity index (χ4n) is 2.69. The van der Waals surface area contributed by atoms with Gasteiger partial charge in [0.15, 0.2) is 5.52 Å². The molecule has 0 saturated carbocycles. The second-order valence-corrected chi connectivity index (χ2v) is 7.37. The Bertz CT molecular complexity index is 1060. The molecule has 2 rings (SSSR count). The zero-order chi connectivity index (χ0) is 21.9. The van der Waals surface area contributed by atoms with Crippen LogP contribution in [0.25, 0.3) is 11.2 Å². The quantitative estimate of drug-likeness (QED) is 0.130. The maximum absolute atomic E-state index is 12.7. The Labute approximate surface area is 160 Å². The largest absolute Gasteiger partial charge is 0.469 e. The fourth-order valence-corrected chi connectivity index (χ4v) is 3.06. The molecule has 0 bridgehead atoms. The number of fused-ring (bicyclic) bond motifs is 1. The van der Waals surface area contributed by atoms with Crippen LogP contribution in [0.1, 0.15) is 6.42 Å². The molecule has 164 valence electrons. The molecule has 0 aliphatic carbocycles. The van der Waals surface area contributed by atoms with Gasteiger partial charge in [-0.1, -0.05) is 0 Å². The molecule has 0 aliphatic heterocycles. The average Bonchev–Trinajstić information content (AvgIpc) is 2.88. The molecule has 0 unspecified atom stereocenters. The van der Waals surface area contributed by atoms with Gasteiger partial charge >= 0.3 is 19.2 Å². The summed E-state index contributed by atoms with van der Waals surface area (Å²) < 4.78 is 16.7. The standard InChI is InChI=1S/C13H21N4O11P/c18-5-7(20)9(21)6(19)4-17-10-8(11(22)15-12(23)14-10)16(13(17)24)2-1-3-28-29(25,26)27/h6-7,9,18-21H,1-5H2,(H2,25,26,27)(H2,14,15,22,23)/t6-,7-,9+/m1/s1. The molecule has 2 aromatic rings. The highest BCUT2D eigenvalue weighted by Gasteiger charge is 2.27. The van der Waals surface area contributed by atoms with Crippen LogP contribution in [-0.2, 0) is 22.2 Å². The van der Waals surface area contributed by atoms with Gasteiger partial charge in [0.25, 0.3) is 5.56 Å². The summed E-state index contributed by atoms with van der Waals surface area (Å²) in [4.78, 5) is 58.0. The zero-order valence-electron chi connectivity index (χ0n) is 14.8. The van der Waals surface area contributed by atoms with Gasteiger partial charge in [0.05, 0.1) is 19.8 Å². The maximum atomic E-state index is 12.7. The van der Waals surface area contributed by atoms with Gasteiger partial charge in [-0.2, -0.15) is 0 Å². The second-order valence-electron chi connectivity index (χ2n) is 6.14. The highest BCUT2D eigenvalue weighted by molar-refractivity contribution is 7.46. The van der Waals surface area contributed by atoms with Crippen LogP contribution < -0.4 is 16.9 Å². The normalized spacial score (nSPS) is 15.5. The number of aromatic nitrogens is 4. The Hall–Kier alpha value is -2.10. The average molecular weight is 440 g/mol. The van der Waals surface area contributed by atoms with Gasteiger partial charge in [-0.15, -0.1) is 0 Å². The van der Waals surface area contributed by atoms with E-state index in [0.29, 0.717) is 0 Å². The van der Waals surface area contributed by atoms with E-state index in [2.05, 4.69) is 9.51 Å². The van der Waals surface area contributed by atoms with Crippen LogP contribution in [0.5, 0.6) is 0 Å². The van der Waals surface area contributed by atoms with Crippen molar-refractivity contribution in [1.82, 2.24) is 19.1 Å². The minimum atomic E-state index is -4.71. The lowest BCUT2D eigenvalue weighted by atomic mass is 10.1. The smallest absolute Gasteiger partial charge is 0.394 e. The Kier molecular flexibility index (Phi) is 7.31. The number of aryl methyl sites for hydroxylation is 1. The molecular weight excluding hydrogens is 419 g/mol. The van der Waals surface area contributed by atoms with Crippen LogP contribution in [0, 0.1) is 0 Å². The number of aliphatic hydroxyl groups excluding tert-OH is 4.